The molecule has 6 heteroatoms. The summed E-state index contributed by atoms with van der Waals surface area (Å²) in [6, 6.07) is 9.57. The van der Waals surface area contributed by atoms with Gasteiger partial charge in [0.2, 0.25) is 5.91 Å². The van der Waals surface area contributed by atoms with Crippen molar-refractivity contribution in [3.63, 3.8) is 0 Å². The fourth-order valence-corrected chi connectivity index (χ4v) is 3.55. The number of aliphatic hydroxyl groups is 1. The van der Waals surface area contributed by atoms with Crippen LogP contribution in [0.5, 0.6) is 0 Å². The highest BCUT2D eigenvalue weighted by atomic mass is 32.1. The molecule has 1 aliphatic rings. The fourth-order valence-electron chi connectivity index (χ4n) is 2.92. The summed E-state index contributed by atoms with van der Waals surface area (Å²) < 4.78 is 5.38. The van der Waals surface area contributed by atoms with Gasteiger partial charge in [-0.05, 0) is 39.6 Å². The maximum Gasteiger partial charge on any atom is 0.244 e. The highest BCUT2D eigenvalue weighted by Crippen LogP contribution is 2.17. The van der Waals surface area contributed by atoms with Crippen LogP contribution in [-0.2, 0) is 16.1 Å². The molecule has 1 saturated heterocycles. The van der Waals surface area contributed by atoms with Gasteiger partial charge in [-0.1, -0.05) is 24.3 Å². The van der Waals surface area contributed by atoms with Gasteiger partial charge >= 0.3 is 0 Å². The minimum absolute atomic E-state index is 0.140. The minimum atomic E-state index is -0.417. The summed E-state index contributed by atoms with van der Waals surface area (Å²) in [7, 11) is 0. The highest BCUT2D eigenvalue weighted by molar-refractivity contribution is 7.08. The first-order chi connectivity index (χ1) is 12.7. The van der Waals surface area contributed by atoms with Gasteiger partial charge in [-0.15, -0.1) is 0 Å². The Kier molecular flexibility index (Phi) is 6.96. The van der Waals surface area contributed by atoms with Crippen molar-refractivity contribution in [2.24, 2.45) is 0 Å². The molecular weight excluding hydrogens is 348 g/mol. The first-order valence-electron chi connectivity index (χ1n) is 8.75. The summed E-state index contributed by atoms with van der Waals surface area (Å²) in [4.78, 5) is 14.5. The van der Waals surface area contributed by atoms with E-state index in [0.29, 0.717) is 0 Å². The third-order valence-corrected chi connectivity index (χ3v) is 5.03. The van der Waals surface area contributed by atoms with Gasteiger partial charge in [-0.25, -0.2) is 0 Å². The average Bonchev–Trinajstić information content (AvgIpc) is 3.19. The zero-order chi connectivity index (χ0) is 18.2. The van der Waals surface area contributed by atoms with E-state index in [9.17, 15) is 9.90 Å². The van der Waals surface area contributed by atoms with Crippen LogP contribution in [0.15, 0.2) is 47.2 Å². The van der Waals surface area contributed by atoms with Crippen molar-refractivity contribution in [2.45, 2.75) is 12.6 Å². The fraction of sp³-hybridized carbons (Fsp3) is 0.350. The van der Waals surface area contributed by atoms with Crippen molar-refractivity contribution in [1.82, 2.24) is 10.2 Å². The highest BCUT2D eigenvalue weighted by Gasteiger charge is 2.15. The van der Waals surface area contributed by atoms with Crippen LogP contribution in [0, 0.1) is 0 Å². The minimum Gasteiger partial charge on any atom is -0.394 e. The van der Waals surface area contributed by atoms with Crippen LogP contribution in [0.1, 0.15) is 22.7 Å². The van der Waals surface area contributed by atoms with Crippen molar-refractivity contribution in [2.75, 3.05) is 32.9 Å². The number of ether oxygens (including phenoxy) is 1. The molecule has 1 fully saturated rings. The molecule has 0 bridgehead atoms. The predicted octanol–water partition coefficient (Wildman–Crippen LogP) is 2.44. The Morgan fingerprint density at radius 3 is 2.92 bits per heavy atom. The van der Waals surface area contributed by atoms with E-state index < -0.39 is 6.04 Å². The molecule has 138 valence electrons. The van der Waals surface area contributed by atoms with Crippen LogP contribution in [0.3, 0.4) is 0 Å². The first kappa shape index (κ1) is 18.8. The lowest BCUT2D eigenvalue weighted by Crippen LogP contribution is -2.35. The number of hydrogen-bond acceptors (Lipinski definition) is 5. The van der Waals surface area contributed by atoms with E-state index in [1.54, 1.807) is 17.4 Å². The molecule has 2 heterocycles. The largest absolute Gasteiger partial charge is 0.394 e. The summed E-state index contributed by atoms with van der Waals surface area (Å²) in [5.41, 5.74) is 3.08. The zero-order valence-corrected chi connectivity index (χ0v) is 15.5. The monoisotopic (exact) mass is 372 g/mol. The number of carbonyl (C=O) groups excluding carboxylic acids is 1. The maximum absolute atomic E-state index is 12.2. The van der Waals surface area contributed by atoms with Crippen LogP contribution in [0.4, 0.5) is 0 Å². The van der Waals surface area contributed by atoms with Crippen LogP contribution >= 0.6 is 11.3 Å². The second-order valence-corrected chi connectivity index (χ2v) is 7.05. The van der Waals surface area contributed by atoms with Crippen molar-refractivity contribution in [1.29, 1.82) is 0 Å². The predicted molar refractivity (Wildman–Crippen MR) is 104 cm³/mol. The summed E-state index contributed by atoms with van der Waals surface area (Å²) in [6.45, 7) is 4.10. The molecule has 5 nitrogen and oxygen atoms in total. The molecule has 1 aromatic heterocycles. The molecule has 1 aromatic carbocycles. The molecule has 0 radical (unpaired) electrons. The van der Waals surface area contributed by atoms with Gasteiger partial charge in [0.1, 0.15) is 0 Å². The van der Waals surface area contributed by atoms with Gasteiger partial charge in [-0.3, -0.25) is 9.69 Å². The number of aliphatic hydroxyl groups excluding tert-OH is 1. The van der Waals surface area contributed by atoms with E-state index in [-0.39, 0.29) is 12.5 Å². The Balaban J connectivity index is 1.61. The smallest absolute Gasteiger partial charge is 0.244 e. The summed E-state index contributed by atoms with van der Waals surface area (Å²) in [5, 5.41) is 16.5. The molecule has 1 aliphatic heterocycles. The average molecular weight is 372 g/mol. The van der Waals surface area contributed by atoms with Crippen molar-refractivity contribution < 1.29 is 14.6 Å². The molecule has 1 amide bonds. The number of hydrogen-bond donors (Lipinski definition) is 2. The molecule has 0 saturated carbocycles. The van der Waals surface area contributed by atoms with Gasteiger partial charge in [0, 0.05) is 25.7 Å². The molecule has 2 aromatic rings. The third-order valence-electron chi connectivity index (χ3n) is 4.33. The molecule has 0 unspecified atom stereocenters. The van der Waals surface area contributed by atoms with Crippen LogP contribution in [-0.4, -0.2) is 48.8 Å². The number of carbonyl (C=O) groups is 1. The van der Waals surface area contributed by atoms with Gasteiger partial charge in [0.25, 0.3) is 0 Å². The molecule has 26 heavy (non-hydrogen) atoms. The lowest BCUT2D eigenvalue weighted by atomic mass is 10.0. The van der Waals surface area contributed by atoms with E-state index in [4.69, 9.17) is 4.74 Å². The lowest BCUT2D eigenvalue weighted by Gasteiger charge is -2.27. The van der Waals surface area contributed by atoms with Crippen LogP contribution < -0.4 is 5.32 Å². The normalized spacial score (nSPS) is 16.7. The number of morpholine rings is 1. The topological polar surface area (TPSA) is 61.8 Å². The zero-order valence-electron chi connectivity index (χ0n) is 14.6. The van der Waals surface area contributed by atoms with E-state index in [1.807, 2.05) is 29.0 Å². The van der Waals surface area contributed by atoms with Gasteiger partial charge in [0.05, 0.1) is 25.9 Å². The van der Waals surface area contributed by atoms with Gasteiger partial charge in [0.15, 0.2) is 0 Å². The standard InChI is InChI=1S/C20H24N2O3S/c23-14-19(21-20(24)5-4-16-6-11-26-15-16)18-3-1-2-17(12-18)13-22-7-9-25-10-8-22/h1-6,11-12,15,19,23H,7-10,13-14H2,(H,21,24)/b5-4+/t19-/m1/s1. The third kappa shape index (κ3) is 5.51. The summed E-state index contributed by atoms with van der Waals surface area (Å²) in [6.07, 6.45) is 3.28. The maximum atomic E-state index is 12.2. The number of nitrogens with one attached hydrogen (secondary N) is 1. The van der Waals surface area contributed by atoms with Crippen molar-refractivity contribution in [3.05, 3.63) is 63.9 Å². The van der Waals surface area contributed by atoms with Gasteiger partial charge in [-0.2, -0.15) is 11.3 Å². The number of amides is 1. The molecule has 0 aliphatic carbocycles. The van der Waals surface area contributed by atoms with Crippen molar-refractivity contribution >= 4 is 23.3 Å². The summed E-state index contributed by atoms with van der Waals surface area (Å²) in [5.74, 6) is -0.214. The number of benzene rings is 1. The molecular formula is C20H24N2O3S. The molecule has 1 atom stereocenters. The SMILES string of the molecule is O=C(/C=C/c1ccsc1)N[C@H](CO)c1cccc(CN2CCOCC2)c1. The number of rotatable bonds is 7. The Labute approximate surface area is 157 Å². The number of nitrogens with zero attached hydrogens (tertiary/aromatic N) is 1. The van der Waals surface area contributed by atoms with E-state index in [0.717, 1.165) is 44.0 Å². The summed E-state index contributed by atoms with van der Waals surface area (Å²) >= 11 is 1.59. The second-order valence-electron chi connectivity index (χ2n) is 6.27. The number of thiophene rings is 1. The van der Waals surface area contributed by atoms with Crippen LogP contribution in [0.2, 0.25) is 0 Å². The van der Waals surface area contributed by atoms with Gasteiger partial charge < -0.3 is 15.2 Å². The first-order valence-corrected chi connectivity index (χ1v) is 9.69. The van der Waals surface area contributed by atoms with Crippen LogP contribution in [0.25, 0.3) is 6.08 Å². The van der Waals surface area contributed by atoms with E-state index >= 15 is 0 Å². The molecule has 2 N–H and O–H groups in total. The Morgan fingerprint density at radius 1 is 1.35 bits per heavy atom. The lowest BCUT2D eigenvalue weighted by molar-refractivity contribution is -0.117. The molecule has 0 spiro atoms. The van der Waals surface area contributed by atoms with E-state index in [2.05, 4.69) is 22.3 Å². The second kappa shape index (κ2) is 9.64. The molecule has 3 rings (SSSR count). The van der Waals surface area contributed by atoms with E-state index in [1.165, 1.54) is 11.6 Å². The Bertz CT molecular complexity index is 724. The Hall–Kier alpha value is -1.99. The Morgan fingerprint density at radius 2 is 2.19 bits per heavy atom. The quantitative estimate of drug-likeness (QED) is 0.733. The van der Waals surface area contributed by atoms with Crippen molar-refractivity contribution in [3.8, 4) is 0 Å².